The van der Waals surface area contributed by atoms with Crippen molar-refractivity contribution in [3.63, 3.8) is 0 Å². The Bertz CT molecular complexity index is 577. The third-order valence-corrected chi connectivity index (χ3v) is 4.08. The van der Waals surface area contributed by atoms with Crippen LogP contribution >= 0.6 is 0 Å². The monoisotopic (exact) mass is 290 g/mol. The summed E-state index contributed by atoms with van der Waals surface area (Å²) in [4.78, 5) is 9.21. The van der Waals surface area contributed by atoms with Gasteiger partial charge in [0.1, 0.15) is 0 Å². The van der Waals surface area contributed by atoms with Crippen molar-refractivity contribution >= 4 is 0 Å². The Balaban J connectivity index is 1.61. The molecule has 0 atom stereocenters. The summed E-state index contributed by atoms with van der Waals surface area (Å²) >= 11 is 0. The van der Waals surface area contributed by atoms with E-state index in [0.717, 1.165) is 55.5 Å². The van der Waals surface area contributed by atoms with E-state index < -0.39 is 0 Å². The Morgan fingerprint density at radius 3 is 2.62 bits per heavy atom. The normalized spacial score (nSPS) is 17.5. The fraction of sp³-hybridized carbons (Fsp3) is 0.643. The molecule has 0 unspecified atom stereocenters. The molecule has 0 aromatic carbocycles. The van der Waals surface area contributed by atoms with Crippen molar-refractivity contribution in [2.24, 2.45) is 0 Å². The molecule has 1 fully saturated rings. The number of likely N-dealkylation sites (N-methyl/N-ethyl adjacent to an activating group) is 1. The summed E-state index contributed by atoms with van der Waals surface area (Å²) in [7, 11) is 2.15. The average molecular weight is 290 g/mol. The van der Waals surface area contributed by atoms with E-state index in [1.54, 1.807) is 0 Å². The SMILES string of the molecule is Cc1n[nH]c(C)c1Cc1nc(CN2CCN(C)CC2)no1. The molecule has 0 spiro atoms. The van der Waals surface area contributed by atoms with Gasteiger partial charge in [0, 0.05) is 37.4 Å². The van der Waals surface area contributed by atoms with E-state index in [2.05, 4.69) is 37.2 Å². The fourth-order valence-electron chi connectivity index (χ4n) is 2.62. The number of hydrogen-bond donors (Lipinski definition) is 1. The molecule has 21 heavy (non-hydrogen) atoms. The van der Waals surface area contributed by atoms with Crippen LogP contribution in [0.1, 0.15) is 28.7 Å². The van der Waals surface area contributed by atoms with Crippen LogP contribution in [-0.2, 0) is 13.0 Å². The molecule has 3 rings (SSSR count). The Kier molecular flexibility index (Phi) is 4.03. The van der Waals surface area contributed by atoms with Crippen LogP contribution in [0.2, 0.25) is 0 Å². The zero-order valence-electron chi connectivity index (χ0n) is 12.9. The third-order valence-electron chi connectivity index (χ3n) is 4.08. The van der Waals surface area contributed by atoms with E-state index in [9.17, 15) is 0 Å². The van der Waals surface area contributed by atoms with E-state index in [1.807, 2.05) is 13.8 Å². The zero-order valence-corrected chi connectivity index (χ0v) is 12.9. The lowest BCUT2D eigenvalue weighted by Crippen LogP contribution is -2.44. The van der Waals surface area contributed by atoms with Gasteiger partial charge < -0.3 is 9.42 Å². The van der Waals surface area contributed by atoms with Crippen molar-refractivity contribution < 1.29 is 4.52 Å². The first-order chi connectivity index (χ1) is 10.1. The van der Waals surface area contributed by atoms with Crippen molar-refractivity contribution in [1.82, 2.24) is 30.1 Å². The van der Waals surface area contributed by atoms with E-state index in [4.69, 9.17) is 4.52 Å². The minimum absolute atomic E-state index is 0.643. The zero-order chi connectivity index (χ0) is 14.8. The number of aromatic nitrogens is 4. The molecular formula is C14H22N6O. The minimum atomic E-state index is 0.643. The molecule has 3 heterocycles. The van der Waals surface area contributed by atoms with Crippen molar-refractivity contribution in [3.8, 4) is 0 Å². The van der Waals surface area contributed by atoms with Crippen LogP contribution in [0.4, 0.5) is 0 Å². The van der Waals surface area contributed by atoms with Crippen LogP contribution in [0, 0.1) is 13.8 Å². The van der Waals surface area contributed by atoms with Crippen molar-refractivity contribution in [3.05, 3.63) is 28.7 Å². The highest BCUT2D eigenvalue weighted by molar-refractivity contribution is 5.25. The summed E-state index contributed by atoms with van der Waals surface area (Å²) in [5.41, 5.74) is 3.20. The molecular weight excluding hydrogens is 268 g/mol. The number of hydrogen-bond acceptors (Lipinski definition) is 6. The van der Waals surface area contributed by atoms with Crippen LogP contribution in [0.3, 0.4) is 0 Å². The molecule has 0 bridgehead atoms. The number of rotatable bonds is 4. The van der Waals surface area contributed by atoms with Crippen LogP contribution < -0.4 is 0 Å². The topological polar surface area (TPSA) is 74.1 Å². The second-order valence-corrected chi connectivity index (χ2v) is 5.77. The highest BCUT2D eigenvalue weighted by atomic mass is 16.5. The summed E-state index contributed by atoms with van der Waals surface area (Å²) < 4.78 is 5.37. The Hall–Kier alpha value is -1.73. The van der Waals surface area contributed by atoms with Crippen LogP contribution in [0.25, 0.3) is 0 Å². The molecule has 7 nitrogen and oxygen atoms in total. The van der Waals surface area contributed by atoms with E-state index in [1.165, 1.54) is 0 Å². The summed E-state index contributed by atoms with van der Waals surface area (Å²) in [6, 6.07) is 0. The van der Waals surface area contributed by atoms with Gasteiger partial charge >= 0.3 is 0 Å². The maximum absolute atomic E-state index is 5.37. The highest BCUT2D eigenvalue weighted by Gasteiger charge is 2.17. The first-order valence-electron chi connectivity index (χ1n) is 7.34. The predicted octanol–water partition coefficient (Wildman–Crippen LogP) is 0.748. The van der Waals surface area contributed by atoms with Crippen LogP contribution in [0.5, 0.6) is 0 Å². The predicted molar refractivity (Wildman–Crippen MR) is 77.9 cm³/mol. The molecule has 1 aliphatic heterocycles. The summed E-state index contributed by atoms with van der Waals surface area (Å²) in [5, 5.41) is 11.3. The summed E-state index contributed by atoms with van der Waals surface area (Å²) in [6.45, 7) is 9.06. The van der Waals surface area contributed by atoms with Crippen molar-refractivity contribution in [2.45, 2.75) is 26.8 Å². The lowest BCUT2D eigenvalue weighted by atomic mass is 10.1. The molecule has 2 aromatic rings. The number of aryl methyl sites for hydroxylation is 2. The third kappa shape index (κ3) is 3.30. The molecule has 1 saturated heterocycles. The van der Waals surface area contributed by atoms with Gasteiger partial charge in [0.25, 0.3) is 0 Å². The number of H-pyrrole nitrogens is 1. The van der Waals surface area contributed by atoms with Gasteiger partial charge in [0.05, 0.1) is 18.7 Å². The molecule has 0 saturated carbocycles. The highest BCUT2D eigenvalue weighted by Crippen LogP contribution is 2.14. The number of piperazine rings is 1. The molecule has 0 amide bonds. The molecule has 1 N–H and O–H groups in total. The minimum Gasteiger partial charge on any atom is -0.339 e. The largest absolute Gasteiger partial charge is 0.339 e. The van der Waals surface area contributed by atoms with Crippen molar-refractivity contribution in [1.29, 1.82) is 0 Å². The van der Waals surface area contributed by atoms with Gasteiger partial charge in [-0.05, 0) is 20.9 Å². The van der Waals surface area contributed by atoms with Crippen LogP contribution in [0.15, 0.2) is 4.52 Å². The lowest BCUT2D eigenvalue weighted by molar-refractivity contribution is 0.144. The maximum atomic E-state index is 5.37. The maximum Gasteiger partial charge on any atom is 0.231 e. The molecule has 2 aromatic heterocycles. The van der Waals surface area contributed by atoms with E-state index in [-0.39, 0.29) is 0 Å². The standard InChI is InChI=1S/C14H22N6O/c1-10-12(11(2)17-16-10)8-14-15-13(18-21-14)9-20-6-4-19(3)5-7-20/h4-9H2,1-3H3,(H,16,17). The fourth-order valence-corrected chi connectivity index (χ4v) is 2.62. The van der Waals surface area contributed by atoms with Crippen molar-refractivity contribution in [2.75, 3.05) is 33.2 Å². The Morgan fingerprint density at radius 1 is 1.19 bits per heavy atom. The van der Waals surface area contributed by atoms with Gasteiger partial charge in [-0.15, -0.1) is 0 Å². The smallest absolute Gasteiger partial charge is 0.231 e. The average Bonchev–Trinajstić information content (AvgIpc) is 3.03. The Morgan fingerprint density at radius 2 is 1.95 bits per heavy atom. The van der Waals surface area contributed by atoms with Gasteiger partial charge in [-0.3, -0.25) is 10.00 Å². The first-order valence-corrected chi connectivity index (χ1v) is 7.34. The number of nitrogens with one attached hydrogen (secondary N) is 1. The van der Waals surface area contributed by atoms with Gasteiger partial charge in [-0.1, -0.05) is 5.16 Å². The number of nitrogens with zero attached hydrogens (tertiary/aromatic N) is 5. The lowest BCUT2D eigenvalue weighted by Gasteiger charge is -2.31. The second kappa shape index (κ2) is 5.95. The molecule has 114 valence electrons. The quantitative estimate of drug-likeness (QED) is 0.895. The van der Waals surface area contributed by atoms with Gasteiger partial charge in [-0.25, -0.2) is 0 Å². The second-order valence-electron chi connectivity index (χ2n) is 5.77. The molecule has 7 heteroatoms. The van der Waals surface area contributed by atoms with E-state index in [0.29, 0.717) is 12.3 Å². The number of aromatic amines is 1. The van der Waals surface area contributed by atoms with Gasteiger partial charge in [-0.2, -0.15) is 10.1 Å². The molecule has 1 aliphatic rings. The summed E-state index contributed by atoms with van der Waals surface area (Å²) in [5.74, 6) is 1.43. The molecule has 0 radical (unpaired) electrons. The summed E-state index contributed by atoms with van der Waals surface area (Å²) in [6.07, 6.45) is 0.643. The first kappa shape index (κ1) is 14.2. The Labute approximate surface area is 124 Å². The van der Waals surface area contributed by atoms with Gasteiger partial charge in [0.2, 0.25) is 5.89 Å². The molecule has 0 aliphatic carbocycles. The van der Waals surface area contributed by atoms with Crippen LogP contribution in [-0.4, -0.2) is 63.4 Å². The van der Waals surface area contributed by atoms with E-state index >= 15 is 0 Å². The van der Waals surface area contributed by atoms with Gasteiger partial charge in [0.15, 0.2) is 5.82 Å².